The summed E-state index contributed by atoms with van der Waals surface area (Å²) in [4.78, 5) is 26.4. The SMILES string of the molecule is COc1ccc(N2CC(C(=O)NCC(C)(O)Cc3ccco3)CC2=O)cc1. The molecule has 2 atom stereocenters. The number of anilines is 1. The third-order valence-corrected chi connectivity index (χ3v) is 4.66. The zero-order valence-electron chi connectivity index (χ0n) is 15.5. The smallest absolute Gasteiger partial charge is 0.227 e. The first kappa shape index (κ1) is 19.0. The first-order valence-corrected chi connectivity index (χ1v) is 8.85. The van der Waals surface area contributed by atoms with Gasteiger partial charge in [0.25, 0.3) is 0 Å². The Balaban J connectivity index is 1.55. The van der Waals surface area contributed by atoms with E-state index in [2.05, 4.69) is 5.32 Å². The van der Waals surface area contributed by atoms with Crippen LogP contribution in [-0.4, -0.2) is 42.7 Å². The Morgan fingerprint density at radius 2 is 2.11 bits per heavy atom. The summed E-state index contributed by atoms with van der Waals surface area (Å²) in [5.41, 5.74) is -0.396. The van der Waals surface area contributed by atoms with Gasteiger partial charge in [-0.25, -0.2) is 0 Å². The van der Waals surface area contributed by atoms with Gasteiger partial charge in [0, 0.05) is 31.6 Å². The second-order valence-electron chi connectivity index (χ2n) is 7.07. The van der Waals surface area contributed by atoms with Gasteiger partial charge in [0.05, 0.1) is 24.9 Å². The molecular weight excluding hydrogens is 348 g/mol. The van der Waals surface area contributed by atoms with E-state index in [0.29, 0.717) is 24.5 Å². The molecule has 1 aromatic heterocycles. The summed E-state index contributed by atoms with van der Waals surface area (Å²) in [7, 11) is 1.58. The van der Waals surface area contributed by atoms with E-state index in [1.165, 1.54) is 0 Å². The predicted octanol–water partition coefficient (Wildman–Crippen LogP) is 1.75. The minimum Gasteiger partial charge on any atom is -0.497 e. The number of carbonyl (C=O) groups excluding carboxylic acids is 2. The number of ether oxygens (including phenoxy) is 1. The maximum atomic E-state index is 12.5. The van der Waals surface area contributed by atoms with Crippen LogP contribution >= 0.6 is 0 Å². The van der Waals surface area contributed by atoms with Crippen LogP contribution in [0.4, 0.5) is 5.69 Å². The number of aliphatic hydroxyl groups is 1. The maximum Gasteiger partial charge on any atom is 0.227 e. The summed E-state index contributed by atoms with van der Waals surface area (Å²) in [6.07, 6.45) is 1.99. The van der Waals surface area contributed by atoms with Crippen molar-refractivity contribution in [3.8, 4) is 5.75 Å². The zero-order valence-corrected chi connectivity index (χ0v) is 15.5. The number of hydrogen-bond acceptors (Lipinski definition) is 5. The van der Waals surface area contributed by atoms with Crippen LogP contribution in [0.5, 0.6) is 5.75 Å². The van der Waals surface area contributed by atoms with Gasteiger partial charge in [0.2, 0.25) is 11.8 Å². The Hall–Kier alpha value is -2.80. The van der Waals surface area contributed by atoms with Gasteiger partial charge in [-0.3, -0.25) is 9.59 Å². The van der Waals surface area contributed by atoms with E-state index in [9.17, 15) is 14.7 Å². The molecule has 7 heteroatoms. The van der Waals surface area contributed by atoms with Gasteiger partial charge in [-0.05, 0) is 43.3 Å². The third kappa shape index (κ3) is 4.68. The largest absolute Gasteiger partial charge is 0.497 e. The molecule has 1 aromatic carbocycles. The molecule has 0 radical (unpaired) electrons. The number of benzene rings is 1. The number of amides is 2. The van der Waals surface area contributed by atoms with Crippen LogP contribution in [0, 0.1) is 5.92 Å². The van der Waals surface area contributed by atoms with Crippen molar-refractivity contribution in [2.45, 2.75) is 25.4 Å². The highest BCUT2D eigenvalue weighted by Crippen LogP contribution is 2.27. The molecule has 27 heavy (non-hydrogen) atoms. The summed E-state index contributed by atoms with van der Waals surface area (Å²) in [6, 6.07) is 10.7. The molecule has 7 nitrogen and oxygen atoms in total. The summed E-state index contributed by atoms with van der Waals surface area (Å²) in [5.74, 6) is 0.579. The summed E-state index contributed by atoms with van der Waals surface area (Å²) < 4.78 is 10.4. The molecule has 1 fully saturated rings. The molecule has 0 spiro atoms. The molecule has 0 bridgehead atoms. The van der Waals surface area contributed by atoms with Gasteiger partial charge in [0.15, 0.2) is 0 Å². The van der Waals surface area contributed by atoms with Gasteiger partial charge < -0.3 is 24.5 Å². The van der Waals surface area contributed by atoms with Gasteiger partial charge in [-0.15, -0.1) is 0 Å². The maximum absolute atomic E-state index is 12.5. The molecule has 2 N–H and O–H groups in total. The predicted molar refractivity (Wildman–Crippen MR) is 99.5 cm³/mol. The summed E-state index contributed by atoms with van der Waals surface area (Å²) in [6.45, 7) is 2.04. The van der Waals surface area contributed by atoms with E-state index >= 15 is 0 Å². The summed E-state index contributed by atoms with van der Waals surface area (Å²) in [5, 5.41) is 13.2. The van der Waals surface area contributed by atoms with E-state index < -0.39 is 11.5 Å². The molecule has 2 aromatic rings. The molecule has 2 amide bonds. The van der Waals surface area contributed by atoms with Crippen molar-refractivity contribution < 1.29 is 23.8 Å². The average Bonchev–Trinajstić information content (AvgIpc) is 3.29. The number of nitrogens with zero attached hydrogens (tertiary/aromatic N) is 1. The summed E-state index contributed by atoms with van der Waals surface area (Å²) >= 11 is 0. The monoisotopic (exact) mass is 372 g/mol. The highest BCUT2D eigenvalue weighted by Gasteiger charge is 2.36. The Labute approximate surface area is 157 Å². The van der Waals surface area contributed by atoms with Crippen molar-refractivity contribution in [1.82, 2.24) is 5.32 Å². The molecule has 0 aliphatic carbocycles. The van der Waals surface area contributed by atoms with Crippen molar-refractivity contribution >= 4 is 17.5 Å². The minimum atomic E-state index is -1.13. The minimum absolute atomic E-state index is 0.0831. The molecule has 0 saturated carbocycles. The average molecular weight is 372 g/mol. The lowest BCUT2D eigenvalue weighted by atomic mass is 10.00. The van der Waals surface area contributed by atoms with Gasteiger partial charge in [-0.1, -0.05) is 0 Å². The number of hydrogen-bond donors (Lipinski definition) is 2. The van der Waals surface area contributed by atoms with Crippen LogP contribution in [0.3, 0.4) is 0 Å². The third-order valence-electron chi connectivity index (χ3n) is 4.66. The Bertz CT molecular complexity index is 783. The zero-order chi connectivity index (χ0) is 19.4. The second-order valence-corrected chi connectivity index (χ2v) is 7.07. The van der Waals surface area contributed by atoms with E-state index in [0.717, 1.165) is 5.69 Å². The van der Waals surface area contributed by atoms with Gasteiger partial charge in [0.1, 0.15) is 11.5 Å². The fraction of sp³-hybridized carbons (Fsp3) is 0.400. The number of rotatable bonds is 7. The first-order valence-electron chi connectivity index (χ1n) is 8.85. The van der Waals surface area contributed by atoms with Gasteiger partial charge in [-0.2, -0.15) is 0 Å². The number of furan rings is 1. The van der Waals surface area contributed by atoms with Gasteiger partial charge >= 0.3 is 0 Å². The highest BCUT2D eigenvalue weighted by atomic mass is 16.5. The highest BCUT2D eigenvalue weighted by molar-refractivity contribution is 6.00. The van der Waals surface area contributed by atoms with E-state index in [1.807, 2.05) is 0 Å². The van der Waals surface area contributed by atoms with Crippen LogP contribution in [0.15, 0.2) is 47.1 Å². The van der Waals surface area contributed by atoms with Crippen molar-refractivity contribution in [1.29, 1.82) is 0 Å². The van der Waals surface area contributed by atoms with Crippen molar-refractivity contribution in [3.63, 3.8) is 0 Å². The van der Waals surface area contributed by atoms with Crippen LogP contribution in [0.2, 0.25) is 0 Å². The van der Waals surface area contributed by atoms with E-state index in [4.69, 9.17) is 9.15 Å². The molecular formula is C20H24N2O5. The lowest BCUT2D eigenvalue weighted by Gasteiger charge is -2.23. The van der Waals surface area contributed by atoms with Crippen LogP contribution in [0.1, 0.15) is 19.1 Å². The number of methoxy groups -OCH3 is 1. The molecule has 1 aliphatic rings. The lowest BCUT2D eigenvalue weighted by Crippen LogP contribution is -2.44. The molecule has 2 unspecified atom stereocenters. The Morgan fingerprint density at radius 3 is 2.74 bits per heavy atom. The van der Waals surface area contributed by atoms with Crippen LogP contribution in [0.25, 0.3) is 0 Å². The normalized spacial score (nSPS) is 19.0. The number of nitrogens with one attached hydrogen (secondary N) is 1. The topological polar surface area (TPSA) is 92.0 Å². The lowest BCUT2D eigenvalue weighted by molar-refractivity contribution is -0.127. The fourth-order valence-electron chi connectivity index (χ4n) is 3.17. The van der Waals surface area contributed by atoms with Crippen LogP contribution in [-0.2, 0) is 16.0 Å². The standard InChI is InChI=1S/C20H24N2O5/c1-20(25,11-17-4-3-9-27-17)13-21-19(24)14-10-18(23)22(12-14)15-5-7-16(26-2)8-6-15/h3-9,14,25H,10-13H2,1-2H3,(H,21,24). The van der Waals surface area contributed by atoms with Crippen molar-refractivity contribution in [2.24, 2.45) is 5.92 Å². The van der Waals surface area contributed by atoms with E-state index in [-0.39, 0.29) is 24.8 Å². The molecule has 1 aliphatic heterocycles. The molecule has 1 saturated heterocycles. The first-order chi connectivity index (χ1) is 12.9. The molecule has 2 heterocycles. The Morgan fingerprint density at radius 1 is 1.37 bits per heavy atom. The van der Waals surface area contributed by atoms with Crippen LogP contribution < -0.4 is 15.0 Å². The molecule has 3 rings (SSSR count). The van der Waals surface area contributed by atoms with Crippen molar-refractivity contribution in [2.75, 3.05) is 25.1 Å². The fourth-order valence-corrected chi connectivity index (χ4v) is 3.17. The second kappa shape index (κ2) is 7.84. The Kier molecular flexibility index (Phi) is 5.51. The number of carbonyl (C=O) groups is 2. The quantitative estimate of drug-likeness (QED) is 0.773. The molecule has 144 valence electrons. The van der Waals surface area contributed by atoms with Crippen molar-refractivity contribution in [3.05, 3.63) is 48.4 Å². The van der Waals surface area contributed by atoms with E-state index in [1.54, 1.807) is 61.6 Å².